The lowest BCUT2D eigenvalue weighted by Crippen LogP contribution is -2.09. The Kier molecular flexibility index (Phi) is 4.27. The van der Waals surface area contributed by atoms with Crippen LogP contribution in [0.4, 0.5) is 0 Å². The van der Waals surface area contributed by atoms with Crippen molar-refractivity contribution >= 4 is 22.0 Å². The van der Waals surface area contributed by atoms with Gasteiger partial charge in [0.1, 0.15) is 5.75 Å². The zero-order chi connectivity index (χ0) is 13.0. The summed E-state index contributed by atoms with van der Waals surface area (Å²) in [6.45, 7) is 0. The third-order valence-corrected chi connectivity index (χ3v) is 3.81. The van der Waals surface area contributed by atoms with E-state index in [1.807, 2.05) is 48.5 Å². The van der Waals surface area contributed by atoms with Crippen molar-refractivity contribution in [1.82, 2.24) is 0 Å². The molecule has 6 heteroatoms. The molecule has 4 nitrogen and oxygen atoms in total. The molecule has 1 heterocycles. The summed E-state index contributed by atoms with van der Waals surface area (Å²) in [5, 5.41) is 0.821. The molecule has 0 aliphatic carbocycles. The summed E-state index contributed by atoms with van der Waals surface area (Å²) < 4.78 is 25.7. The van der Waals surface area contributed by atoms with Gasteiger partial charge in [-0.2, -0.15) is 0 Å². The summed E-state index contributed by atoms with van der Waals surface area (Å²) >= 11 is 0. The molecule has 2 aromatic carbocycles. The third-order valence-electron chi connectivity index (χ3n) is 2.53. The first-order chi connectivity index (χ1) is 8.77. The standard InChI is InChI=1S/C12H9O2P.HO2P/c13-15-12-8-4-2-6-10(12)9-5-1-3-7-11(9)14-15;1-3-2/h1-8,15H;(H,1,2). The van der Waals surface area contributed by atoms with Crippen LogP contribution in [0.15, 0.2) is 48.5 Å². The highest BCUT2D eigenvalue weighted by molar-refractivity contribution is 7.49. The molecule has 0 saturated heterocycles. The second-order valence-electron chi connectivity index (χ2n) is 3.51. The van der Waals surface area contributed by atoms with E-state index in [4.69, 9.17) is 14.0 Å². The Morgan fingerprint density at radius 2 is 1.56 bits per heavy atom. The van der Waals surface area contributed by atoms with Crippen LogP contribution in [0, 0.1) is 0 Å². The number of para-hydroxylation sites is 1. The Hall–Kier alpha value is -1.47. The number of fused-ring (bicyclic) bond motifs is 3. The summed E-state index contributed by atoms with van der Waals surface area (Å²) in [4.78, 5) is 6.99. The molecule has 0 radical (unpaired) electrons. The molecule has 1 aliphatic rings. The van der Waals surface area contributed by atoms with Gasteiger partial charge in [0, 0.05) is 5.56 Å². The lowest BCUT2D eigenvalue weighted by atomic mass is 10.0. The van der Waals surface area contributed by atoms with Gasteiger partial charge in [0.05, 0.1) is 5.30 Å². The maximum atomic E-state index is 11.8. The maximum Gasteiger partial charge on any atom is 0.324 e. The van der Waals surface area contributed by atoms with E-state index in [-0.39, 0.29) is 0 Å². The number of rotatable bonds is 0. The minimum atomic E-state index is -2.11. The molecular formula is C12H10O4P2. The Bertz CT molecular complexity index is 598. The Morgan fingerprint density at radius 1 is 1.00 bits per heavy atom. The van der Waals surface area contributed by atoms with Crippen LogP contribution in [-0.4, -0.2) is 4.89 Å². The second-order valence-corrected chi connectivity index (χ2v) is 4.99. The van der Waals surface area contributed by atoms with E-state index in [9.17, 15) is 4.57 Å². The first-order valence-corrected chi connectivity index (χ1v) is 7.23. The SMILES string of the molecule is O=PO.O=[PH]1Oc2ccccc2-c2ccccc21. The van der Waals surface area contributed by atoms with Crippen LogP contribution in [-0.2, 0) is 9.13 Å². The van der Waals surface area contributed by atoms with Crippen LogP contribution in [0.1, 0.15) is 0 Å². The van der Waals surface area contributed by atoms with E-state index < -0.39 is 16.7 Å². The predicted molar refractivity (Wildman–Crippen MR) is 71.0 cm³/mol. The van der Waals surface area contributed by atoms with Crippen LogP contribution in [0.25, 0.3) is 11.1 Å². The lowest BCUT2D eigenvalue weighted by molar-refractivity contribution is 0.513. The van der Waals surface area contributed by atoms with Gasteiger partial charge in [0.2, 0.25) is 0 Å². The average Bonchev–Trinajstić information content (AvgIpc) is 2.40. The molecule has 92 valence electrons. The van der Waals surface area contributed by atoms with Gasteiger partial charge in [-0.25, -0.2) is 4.57 Å². The molecule has 0 amide bonds. The Balaban J connectivity index is 0.000000367. The van der Waals surface area contributed by atoms with Gasteiger partial charge in [-0.15, -0.1) is 0 Å². The van der Waals surface area contributed by atoms with Crippen molar-refractivity contribution in [3.63, 3.8) is 0 Å². The minimum Gasteiger partial charge on any atom is -0.441 e. The average molecular weight is 280 g/mol. The molecule has 1 unspecified atom stereocenters. The second kappa shape index (κ2) is 5.92. The van der Waals surface area contributed by atoms with E-state index in [0.717, 1.165) is 22.2 Å². The van der Waals surface area contributed by atoms with Crippen molar-refractivity contribution in [1.29, 1.82) is 0 Å². The first-order valence-electron chi connectivity index (χ1n) is 5.15. The molecule has 1 N–H and O–H groups in total. The molecule has 0 bridgehead atoms. The number of benzene rings is 2. The normalized spacial score (nSPS) is 15.7. The molecule has 18 heavy (non-hydrogen) atoms. The quantitative estimate of drug-likeness (QED) is 0.753. The van der Waals surface area contributed by atoms with Gasteiger partial charge < -0.3 is 9.42 Å². The number of hydrogen-bond donors (Lipinski definition) is 1. The zero-order valence-electron chi connectivity index (χ0n) is 9.24. The highest BCUT2D eigenvalue weighted by Crippen LogP contribution is 2.41. The summed E-state index contributed by atoms with van der Waals surface area (Å²) in [6.07, 6.45) is 0. The zero-order valence-corrected chi connectivity index (χ0v) is 11.1. The highest BCUT2D eigenvalue weighted by atomic mass is 31.1. The Morgan fingerprint density at radius 3 is 2.28 bits per heavy atom. The first kappa shape index (κ1) is 13.0. The Labute approximate surface area is 106 Å². The van der Waals surface area contributed by atoms with Crippen LogP contribution < -0.4 is 9.83 Å². The molecule has 0 fully saturated rings. The fourth-order valence-electron chi connectivity index (χ4n) is 1.83. The van der Waals surface area contributed by atoms with E-state index in [1.165, 1.54) is 0 Å². The minimum absolute atomic E-state index is 0.722. The third kappa shape index (κ3) is 2.51. The molecule has 0 aromatic heterocycles. The number of hydrogen-bond acceptors (Lipinski definition) is 3. The van der Waals surface area contributed by atoms with Crippen molar-refractivity contribution in [2.24, 2.45) is 0 Å². The van der Waals surface area contributed by atoms with Gasteiger partial charge in [-0.05, 0) is 17.7 Å². The fourth-order valence-corrected chi connectivity index (χ4v) is 2.99. The molecule has 0 saturated carbocycles. The molecule has 1 aliphatic heterocycles. The van der Waals surface area contributed by atoms with Gasteiger partial charge in [0.25, 0.3) is 8.03 Å². The molecule has 3 rings (SSSR count). The topological polar surface area (TPSA) is 63.6 Å². The summed E-state index contributed by atoms with van der Waals surface area (Å²) in [6, 6.07) is 15.4. The van der Waals surface area contributed by atoms with Crippen molar-refractivity contribution in [2.75, 3.05) is 0 Å². The van der Waals surface area contributed by atoms with Gasteiger partial charge in [-0.1, -0.05) is 36.4 Å². The highest BCUT2D eigenvalue weighted by Gasteiger charge is 2.20. The van der Waals surface area contributed by atoms with Gasteiger partial charge in [0.15, 0.2) is 0 Å². The van der Waals surface area contributed by atoms with E-state index >= 15 is 0 Å². The van der Waals surface area contributed by atoms with Crippen molar-refractivity contribution in [3.05, 3.63) is 48.5 Å². The van der Waals surface area contributed by atoms with E-state index in [1.54, 1.807) is 0 Å². The van der Waals surface area contributed by atoms with Crippen LogP contribution >= 0.6 is 16.7 Å². The maximum absolute atomic E-state index is 11.8. The lowest BCUT2D eigenvalue weighted by Gasteiger charge is -2.19. The fraction of sp³-hybridized carbons (Fsp3) is 0. The molecule has 2 aromatic rings. The summed E-state index contributed by atoms with van der Waals surface area (Å²) in [5.74, 6) is 0.722. The van der Waals surface area contributed by atoms with Gasteiger partial charge in [-0.3, -0.25) is 4.57 Å². The summed E-state index contributed by atoms with van der Waals surface area (Å²) in [5.41, 5.74) is 2.06. The largest absolute Gasteiger partial charge is 0.441 e. The molecule has 0 spiro atoms. The van der Waals surface area contributed by atoms with Crippen molar-refractivity contribution in [2.45, 2.75) is 0 Å². The monoisotopic (exact) mass is 280 g/mol. The van der Waals surface area contributed by atoms with Crippen LogP contribution in [0.2, 0.25) is 0 Å². The van der Waals surface area contributed by atoms with Crippen LogP contribution in [0.3, 0.4) is 0 Å². The van der Waals surface area contributed by atoms with Crippen molar-refractivity contribution < 1.29 is 18.5 Å². The van der Waals surface area contributed by atoms with Crippen molar-refractivity contribution in [3.8, 4) is 16.9 Å². The van der Waals surface area contributed by atoms with Gasteiger partial charge >= 0.3 is 8.69 Å². The van der Waals surface area contributed by atoms with Crippen LogP contribution in [0.5, 0.6) is 5.75 Å². The smallest absolute Gasteiger partial charge is 0.324 e. The predicted octanol–water partition coefficient (Wildman–Crippen LogP) is 3.03. The summed E-state index contributed by atoms with van der Waals surface area (Å²) in [7, 11) is -2.94. The molecule has 1 atom stereocenters. The molecular weight excluding hydrogens is 270 g/mol. The van der Waals surface area contributed by atoms with E-state index in [0.29, 0.717) is 0 Å². The van der Waals surface area contributed by atoms with E-state index in [2.05, 4.69) is 0 Å².